The largest absolute Gasteiger partial charge is 0.381 e. The van der Waals surface area contributed by atoms with E-state index < -0.39 is 0 Å². The molecule has 216 valence electrons. The number of hydroxylamine groups is 4. The molecule has 6 aliphatic heterocycles. The van der Waals surface area contributed by atoms with Gasteiger partial charge >= 0.3 is 6.03 Å². The van der Waals surface area contributed by atoms with Crippen molar-refractivity contribution >= 4 is 6.03 Å². The minimum atomic E-state index is -0.383. The Morgan fingerprint density at radius 1 is 0.526 bits per heavy atom. The van der Waals surface area contributed by atoms with E-state index in [9.17, 15) is 15.2 Å². The van der Waals surface area contributed by atoms with Gasteiger partial charge in [0.15, 0.2) is 0 Å². The lowest BCUT2D eigenvalue weighted by Gasteiger charge is -2.59. The summed E-state index contributed by atoms with van der Waals surface area (Å²) >= 11 is 0. The molecule has 11 heteroatoms. The number of nitrogens with one attached hydrogen (secondary N) is 2. The van der Waals surface area contributed by atoms with Crippen LogP contribution in [-0.2, 0) is 18.9 Å². The van der Waals surface area contributed by atoms with Crippen LogP contribution in [0.1, 0.15) is 77.0 Å². The summed E-state index contributed by atoms with van der Waals surface area (Å²) in [5, 5.41) is 33.0. The number of rotatable bonds is 2. The van der Waals surface area contributed by atoms with Crippen molar-refractivity contribution < 1.29 is 34.2 Å². The molecule has 6 fully saturated rings. The molecule has 6 aliphatic rings. The third-order valence-corrected chi connectivity index (χ3v) is 10.7. The number of ether oxygens (including phenoxy) is 4. The minimum Gasteiger partial charge on any atom is -0.381 e. The van der Waals surface area contributed by atoms with Crippen LogP contribution in [0.2, 0.25) is 0 Å². The maximum absolute atomic E-state index is 13.6. The normalized spacial score (nSPS) is 34.9. The summed E-state index contributed by atoms with van der Waals surface area (Å²) in [5.74, 6) is 0. The Balaban J connectivity index is 1.17. The van der Waals surface area contributed by atoms with Gasteiger partial charge < -0.3 is 40.0 Å². The first-order valence-electron chi connectivity index (χ1n) is 14.8. The summed E-state index contributed by atoms with van der Waals surface area (Å²) in [4.78, 5) is 13.6. The van der Waals surface area contributed by atoms with E-state index in [4.69, 9.17) is 18.9 Å². The average Bonchev–Trinajstić information content (AvgIpc) is 2.93. The SMILES string of the molecule is O=C(NC1CC2(CCOCC2)N(O)C2(CCOCC2)C1)NC1CC2(CCOCC2)N(O)C2(CCOCC2)C1. The number of amides is 2. The molecule has 4 spiro atoms. The summed E-state index contributed by atoms with van der Waals surface area (Å²) in [6, 6.07) is -0.227. The molecule has 6 saturated heterocycles. The highest BCUT2D eigenvalue weighted by Gasteiger charge is 2.57. The van der Waals surface area contributed by atoms with Gasteiger partial charge in [-0.3, -0.25) is 0 Å². The van der Waals surface area contributed by atoms with E-state index >= 15 is 0 Å². The predicted molar refractivity (Wildman–Crippen MR) is 136 cm³/mol. The Morgan fingerprint density at radius 2 is 0.763 bits per heavy atom. The Kier molecular flexibility index (Phi) is 7.67. The molecule has 0 unspecified atom stereocenters. The van der Waals surface area contributed by atoms with Gasteiger partial charge in [0.05, 0.1) is 22.2 Å². The second-order valence-corrected chi connectivity index (χ2v) is 12.8. The zero-order chi connectivity index (χ0) is 26.3. The molecular weight excluding hydrogens is 492 g/mol. The summed E-state index contributed by atoms with van der Waals surface area (Å²) in [6.45, 7) is 5.00. The number of carbonyl (C=O) groups is 1. The van der Waals surface area contributed by atoms with Gasteiger partial charge in [-0.1, -0.05) is 0 Å². The Hall–Kier alpha value is -1.05. The molecule has 0 bridgehead atoms. The van der Waals surface area contributed by atoms with E-state index in [1.54, 1.807) is 10.1 Å². The van der Waals surface area contributed by atoms with Crippen LogP contribution < -0.4 is 10.6 Å². The van der Waals surface area contributed by atoms with E-state index in [2.05, 4.69) is 10.6 Å². The highest BCUT2D eigenvalue weighted by Crippen LogP contribution is 2.48. The molecule has 0 saturated carbocycles. The van der Waals surface area contributed by atoms with Gasteiger partial charge in [0, 0.05) is 64.9 Å². The van der Waals surface area contributed by atoms with Gasteiger partial charge in [-0.2, -0.15) is 10.1 Å². The molecule has 0 atom stereocenters. The van der Waals surface area contributed by atoms with Crippen molar-refractivity contribution in [2.45, 2.75) is 111 Å². The highest BCUT2D eigenvalue weighted by atomic mass is 16.5. The van der Waals surface area contributed by atoms with Crippen LogP contribution in [0.25, 0.3) is 0 Å². The van der Waals surface area contributed by atoms with Gasteiger partial charge in [-0.25, -0.2) is 4.79 Å². The van der Waals surface area contributed by atoms with Crippen molar-refractivity contribution in [1.82, 2.24) is 20.8 Å². The third kappa shape index (κ3) is 4.87. The average molecular weight is 539 g/mol. The zero-order valence-corrected chi connectivity index (χ0v) is 22.6. The lowest BCUT2D eigenvalue weighted by atomic mass is 9.69. The van der Waals surface area contributed by atoms with Crippen LogP contribution in [0.3, 0.4) is 0 Å². The molecule has 11 nitrogen and oxygen atoms in total. The maximum atomic E-state index is 13.6. The van der Waals surface area contributed by atoms with Crippen LogP contribution in [0.5, 0.6) is 0 Å². The molecular formula is C27H46N4O7. The van der Waals surface area contributed by atoms with E-state index in [0.29, 0.717) is 78.5 Å². The van der Waals surface area contributed by atoms with Crippen LogP contribution in [0, 0.1) is 0 Å². The van der Waals surface area contributed by atoms with Gasteiger partial charge in [0.25, 0.3) is 0 Å². The number of urea groups is 1. The topological polar surface area (TPSA) is 125 Å². The van der Waals surface area contributed by atoms with Gasteiger partial charge in [0.1, 0.15) is 0 Å². The Morgan fingerprint density at radius 3 is 1.00 bits per heavy atom. The first-order chi connectivity index (χ1) is 18.4. The quantitative estimate of drug-likeness (QED) is 0.419. The number of hydrogen-bond donors (Lipinski definition) is 4. The van der Waals surface area contributed by atoms with Gasteiger partial charge in [-0.05, 0) is 77.0 Å². The molecule has 38 heavy (non-hydrogen) atoms. The second kappa shape index (κ2) is 10.7. The van der Waals surface area contributed by atoms with Crippen LogP contribution in [0.4, 0.5) is 4.79 Å². The van der Waals surface area contributed by atoms with Crippen molar-refractivity contribution in [3.05, 3.63) is 0 Å². The van der Waals surface area contributed by atoms with Crippen LogP contribution in [0.15, 0.2) is 0 Å². The van der Waals surface area contributed by atoms with E-state index in [0.717, 1.165) is 51.4 Å². The fourth-order valence-electron chi connectivity index (χ4n) is 8.62. The minimum absolute atomic E-state index is 0.0402. The summed E-state index contributed by atoms with van der Waals surface area (Å²) in [5.41, 5.74) is -1.53. The van der Waals surface area contributed by atoms with E-state index in [-0.39, 0.29) is 40.3 Å². The lowest BCUT2D eigenvalue weighted by Crippen LogP contribution is -2.71. The van der Waals surface area contributed by atoms with Crippen molar-refractivity contribution in [3.63, 3.8) is 0 Å². The summed E-state index contributed by atoms with van der Waals surface area (Å²) in [6.07, 6.45) is 8.92. The molecule has 0 aliphatic carbocycles. The van der Waals surface area contributed by atoms with Crippen molar-refractivity contribution in [2.24, 2.45) is 0 Å². The van der Waals surface area contributed by atoms with Crippen molar-refractivity contribution in [2.75, 3.05) is 52.9 Å². The highest BCUT2D eigenvalue weighted by molar-refractivity contribution is 5.74. The zero-order valence-electron chi connectivity index (χ0n) is 22.6. The number of hydrogen-bond acceptors (Lipinski definition) is 9. The number of nitrogens with zero attached hydrogens (tertiary/aromatic N) is 2. The Bertz CT molecular complexity index is 713. The molecule has 0 radical (unpaired) electrons. The van der Waals surface area contributed by atoms with Crippen molar-refractivity contribution in [1.29, 1.82) is 0 Å². The lowest BCUT2D eigenvalue weighted by molar-refractivity contribution is -0.295. The number of carbonyl (C=O) groups excluding carboxylic acids is 1. The molecule has 4 N–H and O–H groups in total. The standard InChI is InChI=1S/C27H46N4O7/c32-23(28-21-17-24(1-9-35-10-2-24)30(33)25(18-21)3-11-36-12-4-25)29-22-19-26(5-13-37-14-6-26)31(34)27(20-22)7-15-38-16-8-27/h21-22,33-34H,1-20H2,(H2,28,29,32). The van der Waals surface area contributed by atoms with Crippen molar-refractivity contribution in [3.8, 4) is 0 Å². The molecule has 2 amide bonds. The molecule has 6 heterocycles. The first kappa shape index (κ1) is 27.1. The van der Waals surface area contributed by atoms with E-state index in [1.165, 1.54) is 0 Å². The van der Waals surface area contributed by atoms with E-state index in [1.807, 2.05) is 0 Å². The maximum Gasteiger partial charge on any atom is 0.315 e. The van der Waals surface area contributed by atoms with Crippen LogP contribution in [-0.4, -0.2) is 114 Å². The fourth-order valence-corrected chi connectivity index (χ4v) is 8.62. The summed E-state index contributed by atoms with van der Waals surface area (Å²) < 4.78 is 22.6. The smallest absolute Gasteiger partial charge is 0.315 e. The van der Waals surface area contributed by atoms with Gasteiger partial charge in [-0.15, -0.1) is 0 Å². The fraction of sp³-hybridized carbons (Fsp3) is 0.963. The molecule has 0 aromatic heterocycles. The number of piperidine rings is 2. The monoisotopic (exact) mass is 538 g/mol. The second-order valence-electron chi connectivity index (χ2n) is 12.8. The van der Waals surface area contributed by atoms with Crippen LogP contribution >= 0.6 is 0 Å². The summed E-state index contributed by atoms with van der Waals surface area (Å²) in [7, 11) is 0. The first-order valence-corrected chi connectivity index (χ1v) is 14.8. The Labute approximate surface area is 225 Å². The molecule has 6 rings (SSSR count). The molecule has 0 aromatic carbocycles. The predicted octanol–water partition coefficient (Wildman–Crippen LogP) is 2.19. The third-order valence-electron chi connectivity index (χ3n) is 10.7. The van der Waals surface area contributed by atoms with Gasteiger partial charge in [0.2, 0.25) is 0 Å². The molecule has 0 aromatic rings.